The molecule has 0 bridgehead atoms. The lowest BCUT2D eigenvalue weighted by Gasteiger charge is -2.33. The zero-order valence-electron chi connectivity index (χ0n) is 16.5. The molecule has 4 rings (SSSR count). The Morgan fingerprint density at radius 1 is 1.22 bits per heavy atom. The first kappa shape index (κ1) is 18.1. The summed E-state index contributed by atoms with van der Waals surface area (Å²) in [5.41, 5.74) is 6.19. The number of amides is 1. The smallest absolute Gasteiger partial charge is 0.257 e. The molecule has 1 amide bonds. The minimum Gasteiger partial charge on any atom is -0.334 e. The summed E-state index contributed by atoms with van der Waals surface area (Å²) in [5.74, 6) is 0.0199. The number of carbonyl (C=O) groups excluding carboxylic acids is 1. The second-order valence-corrected chi connectivity index (χ2v) is 8.71. The molecule has 3 heterocycles. The highest BCUT2D eigenvalue weighted by atomic mass is 16.2. The molecular weight excluding hydrogens is 336 g/mol. The number of rotatable bonds is 2. The van der Waals surface area contributed by atoms with Crippen LogP contribution in [0.25, 0.3) is 0 Å². The van der Waals surface area contributed by atoms with Crippen LogP contribution in [0.15, 0.2) is 30.9 Å². The largest absolute Gasteiger partial charge is 0.334 e. The highest BCUT2D eigenvalue weighted by molar-refractivity contribution is 5.93. The number of hydrogen-bond acceptors (Lipinski definition) is 4. The van der Waals surface area contributed by atoms with Crippen molar-refractivity contribution in [2.45, 2.75) is 58.0 Å². The molecule has 142 valence electrons. The van der Waals surface area contributed by atoms with Crippen molar-refractivity contribution >= 4 is 5.91 Å². The molecular formula is C22H28N4O. The van der Waals surface area contributed by atoms with Crippen LogP contribution in [0.2, 0.25) is 0 Å². The number of nitrogens with one attached hydrogen (secondary N) is 1. The number of nitrogens with zero attached hydrogens (tertiary/aromatic N) is 3. The Labute approximate surface area is 161 Å². The zero-order valence-corrected chi connectivity index (χ0v) is 16.5. The molecule has 0 spiro atoms. The Morgan fingerprint density at radius 2 is 2.00 bits per heavy atom. The second kappa shape index (κ2) is 7.04. The van der Waals surface area contributed by atoms with Gasteiger partial charge in [-0.1, -0.05) is 32.9 Å². The van der Waals surface area contributed by atoms with E-state index in [4.69, 9.17) is 0 Å². The van der Waals surface area contributed by atoms with Gasteiger partial charge in [-0.3, -0.25) is 4.79 Å². The average molecular weight is 364 g/mol. The van der Waals surface area contributed by atoms with Gasteiger partial charge in [0.1, 0.15) is 6.33 Å². The quantitative estimate of drug-likeness (QED) is 0.887. The van der Waals surface area contributed by atoms with Gasteiger partial charge < -0.3 is 10.2 Å². The van der Waals surface area contributed by atoms with Gasteiger partial charge in [-0.15, -0.1) is 0 Å². The van der Waals surface area contributed by atoms with Crippen LogP contribution >= 0.6 is 0 Å². The van der Waals surface area contributed by atoms with Crippen LogP contribution in [0.3, 0.4) is 0 Å². The van der Waals surface area contributed by atoms with E-state index >= 15 is 0 Å². The van der Waals surface area contributed by atoms with Crippen LogP contribution in [0.4, 0.5) is 0 Å². The first-order valence-electron chi connectivity index (χ1n) is 9.87. The molecule has 1 N–H and O–H groups in total. The molecule has 2 aromatic rings. The van der Waals surface area contributed by atoms with Gasteiger partial charge in [0.25, 0.3) is 5.91 Å². The summed E-state index contributed by atoms with van der Waals surface area (Å²) in [6.45, 7) is 9.30. The number of benzene rings is 1. The zero-order chi connectivity index (χ0) is 19.0. The SMILES string of the molecule is CC(C)(C)c1cc2c(c([C@@H]3CCCN3)c1)CN(C(=O)c1cncnc1)CC2. The fourth-order valence-electron chi connectivity index (χ4n) is 4.16. The number of fused-ring (bicyclic) bond motifs is 1. The summed E-state index contributed by atoms with van der Waals surface area (Å²) in [4.78, 5) is 22.8. The van der Waals surface area contributed by atoms with Crippen molar-refractivity contribution in [3.63, 3.8) is 0 Å². The van der Waals surface area contributed by atoms with E-state index < -0.39 is 0 Å². The van der Waals surface area contributed by atoms with Crippen LogP contribution < -0.4 is 5.32 Å². The standard InChI is InChI=1S/C22H28N4O/c1-22(2,3)17-9-15-6-8-26(21(27)16-11-23-14-24-12-16)13-19(15)18(10-17)20-5-4-7-25-20/h9-12,14,20,25H,4-8,13H2,1-3H3/t20-/m0/s1. The summed E-state index contributed by atoms with van der Waals surface area (Å²) in [6, 6.07) is 5.14. The third-order valence-corrected chi connectivity index (χ3v) is 5.77. The maximum Gasteiger partial charge on any atom is 0.257 e. The van der Waals surface area contributed by atoms with Crippen molar-refractivity contribution in [3.05, 3.63) is 58.7 Å². The van der Waals surface area contributed by atoms with Crippen LogP contribution in [-0.2, 0) is 18.4 Å². The molecule has 1 fully saturated rings. The monoisotopic (exact) mass is 364 g/mol. The second-order valence-electron chi connectivity index (χ2n) is 8.71. The highest BCUT2D eigenvalue weighted by Crippen LogP contribution is 2.36. The molecule has 0 radical (unpaired) electrons. The van der Waals surface area contributed by atoms with Crippen molar-refractivity contribution in [1.82, 2.24) is 20.2 Å². The van der Waals surface area contributed by atoms with Gasteiger partial charge in [0, 0.05) is 31.5 Å². The highest BCUT2D eigenvalue weighted by Gasteiger charge is 2.29. The summed E-state index contributed by atoms with van der Waals surface area (Å²) in [7, 11) is 0. The van der Waals surface area contributed by atoms with E-state index in [1.807, 2.05) is 4.90 Å². The molecule has 0 saturated carbocycles. The fourth-order valence-corrected chi connectivity index (χ4v) is 4.16. The van der Waals surface area contributed by atoms with E-state index in [-0.39, 0.29) is 11.3 Å². The minimum atomic E-state index is 0.0199. The Morgan fingerprint density at radius 3 is 2.67 bits per heavy atom. The van der Waals surface area contributed by atoms with Crippen molar-refractivity contribution in [3.8, 4) is 0 Å². The molecule has 1 aromatic carbocycles. The summed E-state index contributed by atoms with van der Waals surface area (Å²) in [5, 5.41) is 3.65. The van der Waals surface area contributed by atoms with Gasteiger partial charge in [-0.25, -0.2) is 9.97 Å². The summed E-state index contributed by atoms with van der Waals surface area (Å²) < 4.78 is 0. The summed E-state index contributed by atoms with van der Waals surface area (Å²) >= 11 is 0. The molecule has 27 heavy (non-hydrogen) atoms. The predicted molar refractivity (Wildman–Crippen MR) is 106 cm³/mol. The van der Waals surface area contributed by atoms with E-state index in [0.29, 0.717) is 18.2 Å². The lowest BCUT2D eigenvalue weighted by molar-refractivity contribution is 0.0733. The van der Waals surface area contributed by atoms with Gasteiger partial charge >= 0.3 is 0 Å². The molecule has 2 aliphatic heterocycles. The van der Waals surface area contributed by atoms with Gasteiger partial charge in [0.2, 0.25) is 0 Å². The van der Waals surface area contributed by atoms with Gasteiger partial charge in [0.15, 0.2) is 0 Å². The number of hydrogen-bond donors (Lipinski definition) is 1. The Balaban J connectivity index is 1.70. The topological polar surface area (TPSA) is 58.1 Å². The molecule has 1 aromatic heterocycles. The molecule has 2 aliphatic rings. The van der Waals surface area contributed by atoms with E-state index in [1.54, 1.807) is 12.4 Å². The van der Waals surface area contributed by atoms with Gasteiger partial charge in [-0.2, -0.15) is 0 Å². The maximum atomic E-state index is 12.9. The fraction of sp³-hybridized carbons (Fsp3) is 0.500. The summed E-state index contributed by atoms with van der Waals surface area (Å²) in [6.07, 6.45) is 7.95. The van der Waals surface area contributed by atoms with Crippen LogP contribution in [0.1, 0.15) is 72.3 Å². The Bertz CT molecular complexity index is 835. The van der Waals surface area contributed by atoms with Crippen molar-refractivity contribution < 1.29 is 4.79 Å². The number of aromatic nitrogens is 2. The predicted octanol–water partition coefficient (Wildman–Crippen LogP) is 3.40. The maximum absolute atomic E-state index is 12.9. The molecule has 0 aliphatic carbocycles. The van der Waals surface area contributed by atoms with E-state index in [9.17, 15) is 4.79 Å². The van der Waals surface area contributed by atoms with Crippen LogP contribution in [0, 0.1) is 0 Å². The Kier molecular flexibility index (Phi) is 4.72. The minimum absolute atomic E-state index is 0.0199. The van der Waals surface area contributed by atoms with Crippen molar-refractivity contribution in [1.29, 1.82) is 0 Å². The molecule has 1 saturated heterocycles. The lowest BCUT2D eigenvalue weighted by Crippen LogP contribution is -2.37. The molecule has 5 heteroatoms. The van der Waals surface area contributed by atoms with Gasteiger partial charge in [-0.05, 0) is 53.5 Å². The lowest BCUT2D eigenvalue weighted by atomic mass is 9.80. The third kappa shape index (κ3) is 3.61. The van der Waals surface area contributed by atoms with Gasteiger partial charge in [0.05, 0.1) is 5.56 Å². The number of carbonyl (C=O) groups is 1. The molecule has 5 nitrogen and oxygen atoms in total. The normalized spacial score (nSPS) is 19.8. The van der Waals surface area contributed by atoms with E-state index in [2.05, 4.69) is 48.2 Å². The van der Waals surface area contributed by atoms with Crippen molar-refractivity contribution in [2.24, 2.45) is 0 Å². The first-order valence-corrected chi connectivity index (χ1v) is 9.87. The van der Waals surface area contributed by atoms with Crippen molar-refractivity contribution in [2.75, 3.05) is 13.1 Å². The molecule has 0 unspecified atom stereocenters. The first-order chi connectivity index (χ1) is 12.9. The van der Waals surface area contributed by atoms with Crippen LogP contribution in [-0.4, -0.2) is 33.9 Å². The van der Waals surface area contributed by atoms with Crippen LogP contribution in [0.5, 0.6) is 0 Å². The third-order valence-electron chi connectivity index (χ3n) is 5.77. The molecule has 1 atom stereocenters. The average Bonchev–Trinajstić information content (AvgIpc) is 3.20. The Hall–Kier alpha value is -2.27. The van der Waals surface area contributed by atoms with E-state index in [0.717, 1.165) is 19.5 Å². The van der Waals surface area contributed by atoms with E-state index in [1.165, 1.54) is 41.4 Å².